The van der Waals surface area contributed by atoms with E-state index in [1.807, 2.05) is 49.2 Å². The molecule has 0 saturated carbocycles. The molecule has 2 rings (SSSR count). The van der Waals surface area contributed by atoms with Gasteiger partial charge in [0.2, 0.25) is 0 Å². The summed E-state index contributed by atoms with van der Waals surface area (Å²) in [5.41, 5.74) is 2.33. The van der Waals surface area contributed by atoms with Gasteiger partial charge < -0.3 is 20.4 Å². The van der Waals surface area contributed by atoms with Gasteiger partial charge in [-0.15, -0.1) is 0 Å². The number of benzene rings is 2. The molecule has 26 heavy (non-hydrogen) atoms. The topological polar surface area (TPSA) is 84.2 Å². The van der Waals surface area contributed by atoms with Crippen LogP contribution in [0, 0.1) is 0 Å². The van der Waals surface area contributed by atoms with E-state index in [2.05, 4.69) is 0 Å². The minimum atomic E-state index is -0.777. The second kappa shape index (κ2) is 9.80. The van der Waals surface area contributed by atoms with Gasteiger partial charge >= 0.3 is 0 Å². The first kappa shape index (κ1) is 20.6. The summed E-state index contributed by atoms with van der Waals surface area (Å²) < 4.78 is 0. The predicted octanol–water partition coefficient (Wildman–Crippen LogP) is 2.02. The molecule has 0 fully saturated rings. The number of likely N-dealkylation sites (N-methyl/N-ethyl adjacent to an activating group) is 1. The quantitative estimate of drug-likeness (QED) is 0.550. The number of rotatable bonds is 9. The van der Waals surface area contributed by atoms with Crippen LogP contribution in [0.15, 0.2) is 54.6 Å². The van der Waals surface area contributed by atoms with Crippen molar-refractivity contribution in [3.63, 3.8) is 0 Å². The standard InChI is InChI=1S/C21H29NO4/c1-15(21(26)18-6-4-3-5-7-18)22(2)13-19(24)12-20(25)17-10-8-16(14-23)9-11-17/h3-11,15,19-21,23-26H,12-14H2,1-2H3/t15-,19+,20-,21-/m1/s1. The van der Waals surface area contributed by atoms with Gasteiger partial charge in [0.25, 0.3) is 0 Å². The lowest BCUT2D eigenvalue weighted by Crippen LogP contribution is -2.39. The normalized spacial score (nSPS) is 16.3. The van der Waals surface area contributed by atoms with Crippen LogP contribution in [0.3, 0.4) is 0 Å². The molecule has 0 radical (unpaired) electrons. The lowest BCUT2D eigenvalue weighted by molar-refractivity contribution is 0.0215. The van der Waals surface area contributed by atoms with E-state index in [1.54, 1.807) is 24.3 Å². The van der Waals surface area contributed by atoms with Gasteiger partial charge in [0.1, 0.15) is 0 Å². The first-order valence-corrected chi connectivity index (χ1v) is 8.91. The average molecular weight is 359 g/mol. The number of aliphatic hydroxyl groups is 4. The summed E-state index contributed by atoms with van der Waals surface area (Å²) >= 11 is 0. The summed E-state index contributed by atoms with van der Waals surface area (Å²) in [7, 11) is 1.85. The molecule has 0 spiro atoms. The Morgan fingerprint density at radius 1 is 0.885 bits per heavy atom. The number of nitrogens with zero attached hydrogens (tertiary/aromatic N) is 1. The van der Waals surface area contributed by atoms with Gasteiger partial charge in [0.15, 0.2) is 0 Å². The second-order valence-electron chi connectivity index (χ2n) is 6.84. The zero-order valence-electron chi connectivity index (χ0n) is 15.4. The Bertz CT molecular complexity index is 647. The minimum Gasteiger partial charge on any atom is -0.392 e. The highest BCUT2D eigenvalue weighted by atomic mass is 16.3. The molecule has 0 aliphatic carbocycles. The van der Waals surface area contributed by atoms with Crippen molar-refractivity contribution in [2.75, 3.05) is 13.6 Å². The molecule has 142 valence electrons. The Morgan fingerprint density at radius 3 is 2.08 bits per heavy atom. The van der Waals surface area contributed by atoms with Crippen LogP contribution in [0.5, 0.6) is 0 Å². The Kier molecular flexibility index (Phi) is 7.75. The zero-order chi connectivity index (χ0) is 19.1. The van der Waals surface area contributed by atoms with Gasteiger partial charge in [0.05, 0.1) is 24.9 Å². The molecule has 4 N–H and O–H groups in total. The van der Waals surface area contributed by atoms with E-state index >= 15 is 0 Å². The maximum absolute atomic E-state index is 10.5. The Labute approximate surface area is 155 Å². The maximum Gasteiger partial charge on any atom is 0.0942 e. The van der Waals surface area contributed by atoms with Crippen LogP contribution >= 0.6 is 0 Å². The minimum absolute atomic E-state index is 0.0363. The SMILES string of the molecule is C[C@H]([C@@H](O)c1ccccc1)N(C)C[C@@H](O)C[C@@H](O)c1ccc(CO)cc1. The molecule has 2 aromatic rings. The van der Waals surface area contributed by atoms with Crippen molar-refractivity contribution in [1.82, 2.24) is 4.90 Å². The van der Waals surface area contributed by atoms with Crippen LogP contribution in [0.4, 0.5) is 0 Å². The molecule has 2 aromatic carbocycles. The van der Waals surface area contributed by atoms with Gasteiger partial charge in [-0.1, -0.05) is 54.6 Å². The highest BCUT2D eigenvalue weighted by molar-refractivity contribution is 5.23. The summed E-state index contributed by atoms with van der Waals surface area (Å²) in [5.74, 6) is 0. The summed E-state index contributed by atoms with van der Waals surface area (Å²) in [6.45, 7) is 2.22. The number of aliphatic hydroxyl groups excluding tert-OH is 4. The lowest BCUT2D eigenvalue weighted by Gasteiger charge is -2.31. The van der Waals surface area contributed by atoms with Crippen molar-refractivity contribution in [2.24, 2.45) is 0 Å². The highest BCUT2D eigenvalue weighted by Crippen LogP contribution is 2.22. The molecule has 0 bridgehead atoms. The van der Waals surface area contributed by atoms with E-state index in [1.165, 1.54) is 0 Å². The van der Waals surface area contributed by atoms with Crippen LogP contribution in [0.1, 0.15) is 42.2 Å². The van der Waals surface area contributed by atoms with Gasteiger partial charge in [0, 0.05) is 19.0 Å². The lowest BCUT2D eigenvalue weighted by atomic mass is 10.00. The van der Waals surface area contributed by atoms with Gasteiger partial charge in [-0.2, -0.15) is 0 Å². The summed E-state index contributed by atoms with van der Waals surface area (Å²) in [4.78, 5) is 1.89. The van der Waals surface area contributed by atoms with Crippen LogP contribution < -0.4 is 0 Å². The molecule has 0 unspecified atom stereocenters. The first-order valence-electron chi connectivity index (χ1n) is 8.91. The average Bonchev–Trinajstić information content (AvgIpc) is 2.67. The molecule has 5 nitrogen and oxygen atoms in total. The van der Waals surface area contributed by atoms with E-state index in [9.17, 15) is 15.3 Å². The van der Waals surface area contributed by atoms with Gasteiger partial charge in [-0.05, 0) is 30.7 Å². The van der Waals surface area contributed by atoms with Crippen molar-refractivity contribution in [2.45, 2.75) is 44.3 Å². The van der Waals surface area contributed by atoms with Crippen LogP contribution in [0.2, 0.25) is 0 Å². The van der Waals surface area contributed by atoms with Crippen molar-refractivity contribution < 1.29 is 20.4 Å². The van der Waals surface area contributed by atoms with E-state index < -0.39 is 18.3 Å². The van der Waals surface area contributed by atoms with E-state index in [-0.39, 0.29) is 19.1 Å². The van der Waals surface area contributed by atoms with Crippen LogP contribution in [0.25, 0.3) is 0 Å². The molecular weight excluding hydrogens is 330 g/mol. The Hall–Kier alpha value is -1.76. The zero-order valence-corrected chi connectivity index (χ0v) is 15.4. The third kappa shape index (κ3) is 5.62. The van der Waals surface area contributed by atoms with Gasteiger partial charge in [-0.3, -0.25) is 4.90 Å². The molecule has 5 heteroatoms. The second-order valence-corrected chi connectivity index (χ2v) is 6.84. The Morgan fingerprint density at radius 2 is 1.50 bits per heavy atom. The predicted molar refractivity (Wildman–Crippen MR) is 101 cm³/mol. The Balaban J connectivity index is 1.88. The van der Waals surface area contributed by atoms with E-state index in [0.29, 0.717) is 12.1 Å². The third-order valence-corrected chi connectivity index (χ3v) is 4.83. The molecule has 0 aromatic heterocycles. The summed E-state index contributed by atoms with van der Waals surface area (Å²) in [6, 6.07) is 16.3. The number of hydrogen-bond acceptors (Lipinski definition) is 5. The van der Waals surface area contributed by atoms with Crippen molar-refractivity contribution in [1.29, 1.82) is 0 Å². The molecule has 0 heterocycles. The summed E-state index contributed by atoms with van der Waals surface area (Å²) in [6.07, 6.45) is -1.94. The van der Waals surface area contributed by atoms with Crippen molar-refractivity contribution in [3.05, 3.63) is 71.3 Å². The number of hydrogen-bond donors (Lipinski definition) is 4. The molecule has 0 amide bonds. The van der Waals surface area contributed by atoms with Crippen LogP contribution in [-0.2, 0) is 6.61 Å². The largest absolute Gasteiger partial charge is 0.392 e. The fourth-order valence-electron chi connectivity index (χ4n) is 2.98. The molecule has 0 aliphatic heterocycles. The maximum atomic E-state index is 10.5. The highest BCUT2D eigenvalue weighted by Gasteiger charge is 2.23. The molecule has 0 aliphatic rings. The fraction of sp³-hybridized carbons (Fsp3) is 0.429. The first-order chi connectivity index (χ1) is 12.4. The third-order valence-electron chi connectivity index (χ3n) is 4.83. The fourth-order valence-corrected chi connectivity index (χ4v) is 2.98. The van der Waals surface area contributed by atoms with E-state index in [4.69, 9.17) is 5.11 Å². The van der Waals surface area contributed by atoms with Gasteiger partial charge in [-0.25, -0.2) is 0 Å². The van der Waals surface area contributed by atoms with Crippen LogP contribution in [-0.4, -0.2) is 51.1 Å². The smallest absolute Gasteiger partial charge is 0.0942 e. The molecule has 0 saturated heterocycles. The van der Waals surface area contributed by atoms with Crippen molar-refractivity contribution in [3.8, 4) is 0 Å². The molecule has 4 atom stereocenters. The molecular formula is C21H29NO4. The summed E-state index contributed by atoms with van der Waals surface area (Å²) in [5, 5.41) is 40.2. The monoisotopic (exact) mass is 359 g/mol. The van der Waals surface area contributed by atoms with Crippen molar-refractivity contribution >= 4 is 0 Å². The van der Waals surface area contributed by atoms with E-state index in [0.717, 1.165) is 11.1 Å².